The molecule has 0 amide bonds. The Morgan fingerprint density at radius 1 is 1.16 bits per heavy atom. The van der Waals surface area contributed by atoms with E-state index in [1.165, 1.54) is 0 Å². The van der Waals surface area contributed by atoms with E-state index >= 15 is 0 Å². The van der Waals surface area contributed by atoms with E-state index < -0.39 is 10.3 Å². The van der Waals surface area contributed by atoms with Crippen LogP contribution >= 0.6 is 10.3 Å². The number of hydrogen-bond donors (Lipinski definition) is 3. The lowest BCUT2D eigenvalue weighted by molar-refractivity contribution is 0.112. The van der Waals surface area contributed by atoms with Gasteiger partial charge in [-0.2, -0.15) is 15.0 Å². The maximum absolute atomic E-state index is 10.7. The van der Waals surface area contributed by atoms with Crippen LogP contribution in [-0.4, -0.2) is 53.2 Å². The molecule has 0 radical (unpaired) electrons. The third-order valence-corrected chi connectivity index (χ3v) is 5.68. The molecule has 4 N–H and O–H groups in total. The van der Waals surface area contributed by atoms with Crippen LogP contribution in [0.1, 0.15) is 16.8 Å². The molecule has 0 aliphatic carbocycles. The predicted octanol–water partition coefficient (Wildman–Crippen LogP) is 2.44. The average Bonchev–Trinajstić information content (AvgIpc) is 2.59. The summed E-state index contributed by atoms with van der Waals surface area (Å²) < 4.78 is 5.47. The van der Waals surface area contributed by atoms with Crippen LogP contribution in [0.5, 0.6) is 0 Å². The Morgan fingerprint density at radius 2 is 1.84 bits per heavy atom. The van der Waals surface area contributed by atoms with Gasteiger partial charge in [0.05, 0.1) is 0 Å². The van der Waals surface area contributed by atoms with Crippen molar-refractivity contribution in [1.29, 1.82) is 0 Å². The molecule has 0 aliphatic heterocycles. The van der Waals surface area contributed by atoms with Crippen molar-refractivity contribution in [3.8, 4) is 0 Å². The second-order valence-corrected chi connectivity index (χ2v) is 9.41. The minimum Gasteiger partial charge on any atom is -0.368 e. The molecule has 1 aromatic carbocycles. The van der Waals surface area contributed by atoms with Gasteiger partial charge in [-0.1, -0.05) is 0 Å². The van der Waals surface area contributed by atoms with Gasteiger partial charge >= 0.3 is 0 Å². The zero-order valence-corrected chi connectivity index (χ0v) is 15.5. The van der Waals surface area contributed by atoms with E-state index in [9.17, 15) is 4.79 Å². The number of benzene rings is 1. The first-order valence-electron chi connectivity index (χ1n) is 7.76. The summed E-state index contributed by atoms with van der Waals surface area (Å²) in [6.07, 6.45) is 5.99. The fourth-order valence-corrected chi connectivity index (χ4v) is 3.01. The molecule has 0 saturated carbocycles. The molecule has 0 saturated heterocycles. The maximum Gasteiger partial charge on any atom is 0.233 e. The predicted molar refractivity (Wildman–Crippen MR) is 104 cm³/mol. The normalized spacial score (nSPS) is 11.8. The van der Waals surface area contributed by atoms with Gasteiger partial charge < -0.3 is 20.6 Å². The standard InChI is InChI=1S/C16H24N6O2S/c1-24-25(2,3)10-4-9-18-15-20-14(17)21-16(22-15)19-13-7-5-12(11-23)6-8-13/h5-8,11H,4,9-10H2,1-3H3,(H4,17,18,19,20,21,22). The van der Waals surface area contributed by atoms with Gasteiger partial charge in [-0.25, -0.2) is 0 Å². The highest BCUT2D eigenvalue weighted by Crippen LogP contribution is 2.40. The number of nitrogen functional groups attached to an aromatic ring is 1. The van der Waals surface area contributed by atoms with Gasteiger partial charge in [-0.15, -0.1) is 10.3 Å². The Hall–Kier alpha value is -2.39. The van der Waals surface area contributed by atoms with Crippen molar-refractivity contribution in [3.63, 3.8) is 0 Å². The zero-order valence-electron chi connectivity index (χ0n) is 14.7. The Bertz CT molecular complexity index is 708. The van der Waals surface area contributed by atoms with Crippen molar-refractivity contribution in [2.75, 3.05) is 48.3 Å². The lowest BCUT2D eigenvalue weighted by Crippen LogP contribution is -2.13. The number of carbonyl (C=O) groups excluding carboxylic acids is 1. The lowest BCUT2D eigenvalue weighted by atomic mass is 10.2. The van der Waals surface area contributed by atoms with Gasteiger partial charge in [0.1, 0.15) is 6.29 Å². The second-order valence-electron chi connectivity index (χ2n) is 5.79. The van der Waals surface area contributed by atoms with Crippen LogP contribution in [0.25, 0.3) is 0 Å². The Balaban J connectivity index is 1.95. The number of anilines is 4. The molecule has 0 fully saturated rings. The fraction of sp³-hybridized carbons (Fsp3) is 0.375. The number of nitrogens with one attached hydrogen (secondary N) is 2. The van der Waals surface area contributed by atoms with E-state index in [1.54, 1.807) is 31.4 Å². The summed E-state index contributed by atoms with van der Waals surface area (Å²) in [4.78, 5) is 23.2. The molecule has 0 aliphatic rings. The smallest absolute Gasteiger partial charge is 0.233 e. The average molecular weight is 364 g/mol. The molecule has 0 unspecified atom stereocenters. The van der Waals surface area contributed by atoms with E-state index in [0.29, 0.717) is 17.5 Å². The first kappa shape index (κ1) is 18.9. The number of nitrogens with zero attached hydrogens (tertiary/aromatic N) is 3. The summed E-state index contributed by atoms with van der Waals surface area (Å²) in [7, 11) is 0.753. The third kappa shape index (κ3) is 6.20. The van der Waals surface area contributed by atoms with E-state index in [2.05, 4.69) is 38.1 Å². The molecule has 0 bridgehead atoms. The highest BCUT2D eigenvalue weighted by molar-refractivity contribution is 8.28. The Labute approximate surface area is 149 Å². The lowest BCUT2D eigenvalue weighted by Gasteiger charge is -2.28. The van der Waals surface area contributed by atoms with Gasteiger partial charge in [-0.05, 0) is 43.2 Å². The topological polar surface area (TPSA) is 115 Å². The van der Waals surface area contributed by atoms with Crippen LogP contribution in [-0.2, 0) is 4.18 Å². The van der Waals surface area contributed by atoms with E-state index in [4.69, 9.17) is 9.92 Å². The number of carbonyl (C=O) groups is 1. The van der Waals surface area contributed by atoms with Crippen molar-refractivity contribution in [2.24, 2.45) is 0 Å². The highest BCUT2D eigenvalue weighted by atomic mass is 32.3. The van der Waals surface area contributed by atoms with Crippen molar-refractivity contribution >= 4 is 40.1 Å². The molecule has 0 spiro atoms. The summed E-state index contributed by atoms with van der Waals surface area (Å²) in [5.74, 6) is 1.89. The maximum atomic E-state index is 10.7. The number of aromatic nitrogens is 3. The quantitative estimate of drug-likeness (QED) is 0.459. The summed E-state index contributed by atoms with van der Waals surface area (Å²) >= 11 is 0. The molecular formula is C16H24N6O2S. The van der Waals surface area contributed by atoms with Crippen LogP contribution in [0.15, 0.2) is 24.3 Å². The molecule has 2 rings (SSSR count). The molecule has 0 atom stereocenters. The largest absolute Gasteiger partial charge is 0.368 e. The number of nitrogens with two attached hydrogens (primary N) is 1. The van der Waals surface area contributed by atoms with Gasteiger partial charge in [-0.3, -0.25) is 4.79 Å². The highest BCUT2D eigenvalue weighted by Gasteiger charge is 2.10. The summed E-state index contributed by atoms with van der Waals surface area (Å²) in [6.45, 7) is 0.719. The molecule has 136 valence electrons. The summed E-state index contributed by atoms with van der Waals surface area (Å²) in [6, 6.07) is 6.96. The Morgan fingerprint density at radius 3 is 2.48 bits per heavy atom. The van der Waals surface area contributed by atoms with Crippen molar-refractivity contribution in [1.82, 2.24) is 15.0 Å². The molecular weight excluding hydrogens is 340 g/mol. The van der Waals surface area contributed by atoms with Crippen LogP contribution in [0.2, 0.25) is 0 Å². The summed E-state index contributed by atoms with van der Waals surface area (Å²) in [5.41, 5.74) is 7.11. The van der Waals surface area contributed by atoms with Crippen LogP contribution in [0.4, 0.5) is 23.5 Å². The third-order valence-electron chi connectivity index (χ3n) is 3.50. The van der Waals surface area contributed by atoms with Crippen LogP contribution < -0.4 is 16.4 Å². The zero-order chi connectivity index (χ0) is 18.3. The van der Waals surface area contributed by atoms with Crippen molar-refractivity contribution < 1.29 is 8.98 Å². The number of hydrogen-bond acceptors (Lipinski definition) is 8. The Kier molecular flexibility index (Phi) is 6.54. The summed E-state index contributed by atoms with van der Waals surface area (Å²) in [5, 5.41) is 6.20. The molecule has 9 heteroatoms. The van der Waals surface area contributed by atoms with E-state index in [0.717, 1.165) is 30.7 Å². The monoisotopic (exact) mass is 364 g/mol. The van der Waals surface area contributed by atoms with Gasteiger partial charge in [0.25, 0.3) is 0 Å². The van der Waals surface area contributed by atoms with Crippen molar-refractivity contribution in [3.05, 3.63) is 29.8 Å². The van der Waals surface area contributed by atoms with Crippen LogP contribution in [0, 0.1) is 0 Å². The fourth-order valence-electron chi connectivity index (χ4n) is 2.00. The number of rotatable bonds is 9. The van der Waals surface area contributed by atoms with Crippen LogP contribution in [0.3, 0.4) is 0 Å². The minimum absolute atomic E-state index is 0.132. The van der Waals surface area contributed by atoms with Crippen molar-refractivity contribution in [2.45, 2.75) is 6.42 Å². The van der Waals surface area contributed by atoms with E-state index in [1.807, 2.05) is 0 Å². The first-order valence-corrected chi connectivity index (χ1v) is 10.3. The molecule has 1 aromatic heterocycles. The number of aldehydes is 1. The minimum atomic E-state index is -0.992. The molecule has 2 aromatic rings. The van der Waals surface area contributed by atoms with Gasteiger partial charge in [0, 0.05) is 30.7 Å². The second kappa shape index (κ2) is 8.63. The molecule has 1 heterocycles. The first-order chi connectivity index (χ1) is 11.9. The SMILES string of the molecule is COS(C)(C)CCCNc1nc(N)nc(Nc2ccc(C=O)cc2)n1. The van der Waals surface area contributed by atoms with E-state index in [-0.39, 0.29) is 5.95 Å². The molecule has 25 heavy (non-hydrogen) atoms. The molecule has 8 nitrogen and oxygen atoms in total. The van der Waals surface area contributed by atoms with Gasteiger partial charge in [0.15, 0.2) is 0 Å². The van der Waals surface area contributed by atoms with Gasteiger partial charge in [0.2, 0.25) is 17.8 Å².